The summed E-state index contributed by atoms with van der Waals surface area (Å²) in [7, 11) is 0. The van der Waals surface area contributed by atoms with E-state index in [1.165, 1.54) is 24.3 Å². The first-order valence-corrected chi connectivity index (χ1v) is 11.1. The molecule has 2 aromatic rings. The van der Waals surface area contributed by atoms with Crippen LogP contribution in [0.15, 0.2) is 48.5 Å². The first kappa shape index (κ1) is 27.3. The van der Waals surface area contributed by atoms with Gasteiger partial charge in [-0.1, -0.05) is 37.6 Å². The van der Waals surface area contributed by atoms with Crippen LogP contribution in [0.2, 0.25) is 5.02 Å². The topological polar surface area (TPSA) is 140 Å². The number of ether oxygens (including phenoxy) is 2. The predicted octanol–water partition coefficient (Wildman–Crippen LogP) is 2.88. The molecule has 0 unspecified atom stereocenters. The highest BCUT2D eigenvalue weighted by Gasteiger charge is 2.14. The molecule has 0 saturated carbocycles. The van der Waals surface area contributed by atoms with Gasteiger partial charge in [0.15, 0.2) is 6.61 Å². The van der Waals surface area contributed by atoms with Crippen molar-refractivity contribution in [3.05, 3.63) is 64.7 Å². The van der Waals surface area contributed by atoms with Crippen LogP contribution in [0, 0.1) is 5.92 Å². The van der Waals surface area contributed by atoms with E-state index in [1.807, 2.05) is 13.8 Å². The Hall–Kier alpha value is -3.92. The summed E-state index contributed by atoms with van der Waals surface area (Å²) in [5, 5.41) is 2.81. The number of benzene rings is 2. The van der Waals surface area contributed by atoms with Crippen LogP contribution in [-0.2, 0) is 23.9 Å². The van der Waals surface area contributed by atoms with E-state index in [2.05, 4.69) is 16.2 Å². The molecule has 0 heterocycles. The van der Waals surface area contributed by atoms with Crippen molar-refractivity contribution in [2.75, 3.05) is 18.5 Å². The standard InChI is InChI=1S/C24H26ClN3O7/c1-15(2)13-35-24(33)16-7-9-17(10-8-16)26-20(29)11-12-22(31)34-14-21(30)27-28-23(32)18-5-3-4-6-19(18)25/h3-10,15H,11-14H2,1-2H3,(H,26,29)(H,27,30)(H,28,32). The van der Waals surface area contributed by atoms with Crippen molar-refractivity contribution < 1.29 is 33.4 Å². The summed E-state index contributed by atoms with van der Waals surface area (Å²) in [6.07, 6.45) is -0.438. The quantitative estimate of drug-likeness (QED) is 0.334. The summed E-state index contributed by atoms with van der Waals surface area (Å²) in [5.41, 5.74) is 5.22. The molecule has 3 amide bonds. The van der Waals surface area contributed by atoms with E-state index in [9.17, 15) is 24.0 Å². The molecule has 35 heavy (non-hydrogen) atoms. The molecule has 0 fully saturated rings. The second kappa shape index (κ2) is 13.7. The van der Waals surface area contributed by atoms with E-state index in [-0.39, 0.29) is 29.3 Å². The molecule has 2 aromatic carbocycles. The van der Waals surface area contributed by atoms with E-state index < -0.39 is 36.3 Å². The molecule has 0 aromatic heterocycles. The first-order chi connectivity index (χ1) is 16.7. The second-order valence-corrected chi connectivity index (χ2v) is 8.17. The Morgan fingerprint density at radius 3 is 2.20 bits per heavy atom. The number of nitrogens with one attached hydrogen (secondary N) is 3. The largest absolute Gasteiger partial charge is 0.462 e. The van der Waals surface area contributed by atoms with Crippen molar-refractivity contribution in [1.82, 2.24) is 10.9 Å². The van der Waals surface area contributed by atoms with Gasteiger partial charge < -0.3 is 14.8 Å². The number of hydrogen-bond donors (Lipinski definition) is 3. The number of carbonyl (C=O) groups excluding carboxylic acids is 5. The van der Waals surface area contributed by atoms with Gasteiger partial charge in [0.25, 0.3) is 11.8 Å². The smallest absolute Gasteiger partial charge is 0.338 e. The normalized spacial score (nSPS) is 10.3. The average Bonchev–Trinajstić information content (AvgIpc) is 2.84. The number of hydrogen-bond acceptors (Lipinski definition) is 7. The molecule has 2 rings (SSSR count). The Labute approximate surface area is 207 Å². The van der Waals surface area contributed by atoms with Gasteiger partial charge in [-0.3, -0.25) is 30.0 Å². The lowest BCUT2D eigenvalue weighted by Crippen LogP contribution is -2.43. The van der Waals surface area contributed by atoms with Gasteiger partial charge in [0, 0.05) is 12.1 Å². The molecule has 11 heteroatoms. The van der Waals surface area contributed by atoms with Gasteiger partial charge in [-0.25, -0.2) is 4.79 Å². The zero-order valence-corrected chi connectivity index (χ0v) is 20.0. The molecule has 0 aliphatic carbocycles. The molecule has 3 N–H and O–H groups in total. The van der Waals surface area contributed by atoms with Crippen molar-refractivity contribution in [2.24, 2.45) is 5.92 Å². The molecular weight excluding hydrogens is 478 g/mol. The molecule has 10 nitrogen and oxygen atoms in total. The van der Waals surface area contributed by atoms with E-state index in [0.29, 0.717) is 17.9 Å². The summed E-state index contributed by atoms with van der Waals surface area (Å²) in [6.45, 7) is 3.53. The summed E-state index contributed by atoms with van der Waals surface area (Å²) in [4.78, 5) is 59.5. The molecule has 0 atom stereocenters. The fourth-order valence-electron chi connectivity index (χ4n) is 2.55. The fourth-order valence-corrected chi connectivity index (χ4v) is 2.77. The second-order valence-electron chi connectivity index (χ2n) is 7.76. The summed E-state index contributed by atoms with van der Waals surface area (Å²) in [5.74, 6) is -2.85. The van der Waals surface area contributed by atoms with E-state index >= 15 is 0 Å². The molecule has 0 aliphatic rings. The van der Waals surface area contributed by atoms with Gasteiger partial charge in [0.1, 0.15) is 0 Å². The van der Waals surface area contributed by atoms with Gasteiger partial charge >= 0.3 is 11.9 Å². The van der Waals surface area contributed by atoms with Crippen molar-refractivity contribution in [1.29, 1.82) is 0 Å². The monoisotopic (exact) mass is 503 g/mol. The Morgan fingerprint density at radius 1 is 0.857 bits per heavy atom. The zero-order chi connectivity index (χ0) is 25.8. The average molecular weight is 504 g/mol. The minimum atomic E-state index is -0.768. The van der Waals surface area contributed by atoms with Crippen LogP contribution in [0.1, 0.15) is 47.4 Å². The Bertz CT molecular complexity index is 1070. The Kier molecular flexibility index (Phi) is 10.7. The molecule has 186 valence electrons. The zero-order valence-electron chi connectivity index (χ0n) is 19.3. The van der Waals surface area contributed by atoms with E-state index in [0.717, 1.165) is 0 Å². The molecule has 0 radical (unpaired) electrons. The number of carbonyl (C=O) groups is 5. The lowest BCUT2D eigenvalue weighted by atomic mass is 10.2. The van der Waals surface area contributed by atoms with Crippen LogP contribution >= 0.6 is 11.6 Å². The third-order valence-corrected chi connectivity index (χ3v) is 4.64. The van der Waals surface area contributed by atoms with Crippen molar-refractivity contribution in [3.8, 4) is 0 Å². The predicted molar refractivity (Wildman–Crippen MR) is 127 cm³/mol. The highest BCUT2D eigenvalue weighted by molar-refractivity contribution is 6.33. The SMILES string of the molecule is CC(C)COC(=O)c1ccc(NC(=O)CCC(=O)OCC(=O)NNC(=O)c2ccccc2Cl)cc1. The highest BCUT2D eigenvalue weighted by atomic mass is 35.5. The van der Waals surface area contributed by atoms with Crippen LogP contribution in [0.3, 0.4) is 0 Å². The van der Waals surface area contributed by atoms with E-state index in [4.69, 9.17) is 21.1 Å². The van der Waals surface area contributed by atoms with Crippen LogP contribution in [0.4, 0.5) is 5.69 Å². The Balaban J connectivity index is 1.66. The van der Waals surface area contributed by atoms with Crippen LogP contribution < -0.4 is 16.2 Å². The number of amides is 3. The third-order valence-electron chi connectivity index (χ3n) is 4.31. The minimum Gasteiger partial charge on any atom is -0.462 e. The maximum absolute atomic E-state index is 12.0. The maximum Gasteiger partial charge on any atom is 0.338 e. The van der Waals surface area contributed by atoms with Crippen LogP contribution in [-0.4, -0.2) is 42.9 Å². The summed E-state index contributed by atoms with van der Waals surface area (Å²) in [6, 6.07) is 12.4. The number of anilines is 1. The van der Waals surface area contributed by atoms with Crippen molar-refractivity contribution in [3.63, 3.8) is 0 Å². The van der Waals surface area contributed by atoms with Crippen LogP contribution in [0.5, 0.6) is 0 Å². The first-order valence-electron chi connectivity index (χ1n) is 10.7. The Morgan fingerprint density at radius 2 is 1.54 bits per heavy atom. The highest BCUT2D eigenvalue weighted by Crippen LogP contribution is 2.14. The molecule has 0 saturated heterocycles. The number of halogens is 1. The lowest BCUT2D eigenvalue weighted by molar-refractivity contribution is -0.149. The third kappa shape index (κ3) is 9.85. The molecule has 0 spiro atoms. The molecule has 0 aliphatic heterocycles. The van der Waals surface area contributed by atoms with Gasteiger partial charge in [-0.2, -0.15) is 0 Å². The minimum absolute atomic E-state index is 0.165. The summed E-state index contributed by atoms with van der Waals surface area (Å²) < 4.78 is 9.92. The fraction of sp³-hybridized carbons (Fsp3) is 0.292. The van der Waals surface area contributed by atoms with Crippen molar-refractivity contribution in [2.45, 2.75) is 26.7 Å². The molecule has 0 bridgehead atoms. The lowest BCUT2D eigenvalue weighted by Gasteiger charge is -2.09. The van der Waals surface area contributed by atoms with Gasteiger partial charge in [-0.15, -0.1) is 0 Å². The maximum atomic E-state index is 12.0. The van der Waals surface area contributed by atoms with Gasteiger partial charge in [0.2, 0.25) is 5.91 Å². The number of rotatable bonds is 10. The van der Waals surface area contributed by atoms with Crippen molar-refractivity contribution >= 4 is 46.9 Å². The van der Waals surface area contributed by atoms with Gasteiger partial charge in [-0.05, 0) is 42.3 Å². The molecular formula is C24H26ClN3O7. The number of esters is 2. The summed E-state index contributed by atoms with van der Waals surface area (Å²) >= 11 is 5.89. The van der Waals surface area contributed by atoms with Gasteiger partial charge in [0.05, 0.1) is 29.2 Å². The van der Waals surface area contributed by atoms with Crippen LogP contribution in [0.25, 0.3) is 0 Å². The van der Waals surface area contributed by atoms with E-state index in [1.54, 1.807) is 24.3 Å². The number of hydrazine groups is 1.